The molecular weight excluding hydrogens is 390 g/mol. The number of hydrogen-bond acceptors (Lipinski definition) is 3. The zero-order valence-corrected chi connectivity index (χ0v) is 17.1. The van der Waals surface area contributed by atoms with E-state index in [1.807, 2.05) is 18.5 Å². The predicted molar refractivity (Wildman–Crippen MR) is 107 cm³/mol. The van der Waals surface area contributed by atoms with E-state index in [1.54, 1.807) is 6.20 Å². The van der Waals surface area contributed by atoms with Crippen LogP contribution in [0, 0.1) is 23.5 Å². The number of hydrogen-bond donors (Lipinski definition) is 2. The maximum atomic E-state index is 13.9. The lowest BCUT2D eigenvalue weighted by atomic mass is 9.94. The zero-order valence-electron chi connectivity index (χ0n) is 17.1. The summed E-state index contributed by atoms with van der Waals surface area (Å²) in [6, 6.07) is 3.82. The van der Waals surface area contributed by atoms with Crippen molar-refractivity contribution in [2.24, 2.45) is 11.8 Å². The summed E-state index contributed by atoms with van der Waals surface area (Å²) in [5.41, 5.74) is 1.48. The third kappa shape index (κ3) is 4.08. The van der Waals surface area contributed by atoms with Crippen molar-refractivity contribution >= 4 is 11.8 Å². The minimum absolute atomic E-state index is 0.0139. The van der Waals surface area contributed by atoms with Crippen LogP contribution in [0.25, 0.3) is 0 Å². The second-order valence-corrected chi connectivity index (χ2v) is 8.54. The molecule has 2 N–H and O–H groups in total. The Morgan fingerprint density at radius 2 is 2.00 bits per heavy atom. The maximum absolute atomic E-state index is 13.9. The zero-order chi connectivity index (χ0) is 21.4. The largest absolute Gasteiger partial charge is 0.356 e. The minimum atomic E-state index is -0.594. The number of aryl methyl sites for hydroxylation is 1. The van der Waals surface area contributed by atoms with E-state index in [1.165, 1.54) is 18.2 Å². The fourth-order valence-corrected chi connectivity index (χ4v) is 4.25. The van der Waals surface area contributed by atoms with Gasteiger partial charge in [0.15, 0.2) is 0 Å². The molecule has 160 valence electrons. The molecule has 2 heterocycles. The Kier molecular flexibility index (Phi) is 5.58. The van der Waals surface area contributed by atoms with Crippen molar-refractivity contribution < 1.29 is 18.4 Å². The molecule has 8 heteroatoms. The highest BCUT2D eigenvalue weighted by Crippen LogP contribution is 2.49. The molecule has 2 aromatic rings. The Bertz CT molecular complexity index is 952. The highest BCUT2D eigenvalue weighted by Gasteiger charge is 2.46. The van der Waals surface area contributed by atoms with Gasteiger partial charge in [-0.3, -0.25) is 14.3 Å². The van der Waals surface area contributed by atoms with Crippen molar-refractivity contribution in [3.05, 3.63) is 52.9 Å². The topological polar surface area (TPSA) is 76.0 Å². The number of nitrogens with zero attached hydrogens (tertiary/aromatic N) is 2. The Hall–Kier alpha value is -2.77. The second-order valence-electron chi connectivity index (χ2n) is 8.54. The third-order valence-electron chi connectivity index (χ3n) is 5.91. The first kappa shape index (κ1) is 20.5. The molecule has 3 atom stereocenters. The summed E-state index contributed by atoms with van der Waals surface area (Å²) >= 11 is 0. The number of aromatic nitrogens is 2. The molecule has 1 fully saturated rings. The lowest BCUT2D eigenvalue weighted by Gasteiger charge is -2.24. The van der Waals surface area contributed by atoms with Gasteiger partial charge >= 0.3 is 0 Å². The monoisotopic (exact) mass is 416 g/mol. The molecule has 1 aliphatic heterocycles. The first-order chi connectivity index (χ1) is 14.3. The van der Waals surface area contributed by atoms with Crippen LogP contribution >= 0.6 is 0 Å². The molecule has 1 saturated carbocycles. The van der Waals surface area contributed by atoms with E-state index >= 15 is 0 Å². The van der Waals surface area contributed by atoms with Gasteiger partial charge in [-0.1, -0.05) is 6.07 Å². The minimum Gasteiger partial charge on any atom is -0.356 e. The Morgan fingerprint density at radius 1 is 1.27 bits per heavy atom. The molecule has 1 aromatic heterocycles. The molecule has 6 nitrogen and oxygen atoms in total. The standard InChI is InChI=1S/C22H26F2N4O2/c1-12(2)27-22(30)16-11-26-28-7-6-13(8-19(16)28)10-25-21(29)15-9-14(15)20-17(23)4-3-5-18(20)24/h3-5,11-15H,6-10H2,1-2H3,(H,25,29)(H,27,30)/t13-,14-,15-/m1/s1. The number of rotatable bonds is 6. The molecule has 0 bridgehead atoms. The lowest BCUT2D eigenvalue weighted by molar-refractivity contribution is -0.122. The maximum Gasteiger partial charge on any atom is 0.254 e. The Balaban J connectivity index is 1.34. The SMILES string of the molecule is CC(C)NC(=O)c1cnn2c1C[C@H](CNC(=O)[C@@H]1C[C@H]1c1c(F)cccc1F)CC2. The van der Waals surface area contributed by atoms with E-state index in [9.17, 15) is 18.4 Å². The number of halogens is 2. The molecule has 1 aliphatic carbocycles. The fraction of sp³-hybridized carbons (Fsp3) is 0.500. The summed E-state index contributed by atoms with van der Waals surface area (Å²) < 4.78 is 29.7. The van der Waals surface area contributed by atoms with Crippen LogP contribution in [0.15, 0.2) is 24.4 Å². The van der Waals surface area contributed by atoms with Crippen molar-refractivity contribution in [1.29, 1.82) is 0 Å². The molecular formula is C22H26F2N4O2. The number of carbonyl (C=O) groups excluding carboxylic acids is 2. The molecule has 2 aliphatic rings. The molecule has 0 unspecified atom stereocenters. The van der Waals surface area contributed by atoms with Crippen molar-refractivity contribution in [2.45, 2.75) is 51.6 Å². The van der Waals surface area contributed by atoms with Crippen molar-refractivity contribution in [3.63, 3.8) is 0 Å². The van der Waals surface area contributed by atoms with Crippen LogP contribution in [0.5, 0.6) is 0 Å². The van der Waals surface area contributed by atoms with Gasteiger partial charge in [0.05, 0.1) is 17.5 Å². The van der Waals surface area contributed by atoms with Crippen LogP contribution in [0.1, 0.15) is 54.2 Å². The smallest absolute Gasteiger partial charge is 0.254 e. The van der Waals surface area contributed by atoms with Gasteiger partial charge in [-0.15, -0.1) is 0 Å². The van der Waals surface area contributed by atoms with Gasteiger partial charge in [-0.2, -0.15) is 5.10 Å². The summed E-state index contributed by atoms with van der Waals surface area (Å²) in [5.74, 6) is -2.09. The molecule has 2 amide bonds. The van der Waals surface area contributed by atoms with Gasteiger partial charge in [-0.05, 0) is 51.2 Å². The molecule has 1 aromatic carbocycles. The van der Waals surface area contributed by atoms with Gasteiger partial charge in [0.25, 0.3) is 5.91 Å². The van der Waals surface area contributed by atoms with Crippen LogP contribution in [-0.2, 0) is 17.8 Å². The number of benzene rings is 1. The van der Waals surface area contributed by atoms with Gasteiger partial charge in [0.1, 0.15) is 11.6 Å². The lowest BCUT2D eigenvalue weighted by Crippen LogP contribution is -2.35. The van der Waals surface area contributed by atoms with Crippen LogP contribution < -0.4 is 10.6 Å². The molecule has 0 spiro atoms. The average Bonchev–Trinajstić information content (AvgIpc) is 3.35. The number of fused-ring (bicyclic) bond motifs is 1. The van der Waals surface area contributed by atoms with E-state index < -0.39 is 23.5 Å². The van der Waals surface area contributed by atoms with Crippen LogP contribution in [0.4, 0.5) is 8.78 Å². The van der Waals surface area contributed by atoms with E-state index in [0.29, 0.717) is 31.5 Å². The fourth-order valence-electron chi connectivity index (χ4n) is 4.25. The second kappa shape index (κ2) is 8.16. The van der Waals surface area contributed by atoms with Gasteiger partial charge in [-0.25, -0.2) is 8.78 Å². The summed E-state index contributed by atoms with van der Waals surface area (Å²) in [4.78, 5) is 24.9. The Labute approximate surface area is 174 Å². The van der Waals surface area contributed by atoms with Crippen molar-refractivity contribution in [1.82, 2.24) is 20.4 Å². The average molecular weight is 416 g/mol. The molecule has 4 rings (SSSR count). The van der Waals surface area contributed by atoms with Crippen LogP contribution in [0.2, 0.25) is 0 Å². The van der Waals surface area contributed by atoms with E-state index in [4.69, 9.17) is 0 Å². The summed E-state index contributed by atoms with van der Waals surface area (Å²) in [6.07, 6.45) is 3.56. The highest BCUT2D eigenvalue weighted by atomic mass is 19.1. The van der Waals surface area contributed by atoms with Gasteiger partial charge in [0.2, 0.25) is 5.91 Å². The quantitative estimate of drug-likeness (QED) is 0.760. The first-order valence-corrected chi connectivity index (χ1v) is 10.4. The van der Waals surface area contributed by atoms with Crippen LogP contribution in [-0.4, -0.2) is 34.2 Å². The highest BCUT2D eigenvalue weighted by molar-refractivity contribution is 5.95. The van der Waals surface area contributed by atoms with Crippen molar-refractivity contribution in [3.8, 4) is 0 Å². The van der Waals surface area contributed by atoms with E-state index in [0.717, 1.165) is 12.1 Å². The van der Waals surface area contributed by atoms with Gasteiger partial charge in [0, 0.05) is 36.5 Å². The number of carbonyl (C=O) groups is 2. The normalized spacial score (nSPS) is 22.5. The summed E-state index contributed by atoms with van der Waals surface area (Å²) in [6.45, 7) is 4.98. The number of nitrogens with one attached hydrogen (secondary N) is 2. The third-order valence-corrected chi connectivity index (χ3v) is 5.91. The van der Waals surface area contributed by atoms with Crippen LogP contribution in [0.3, 0.4) is 0 Å². The van der Waals surface area contributed by atoms with E-state index in [2.05, 4.69) is 15.7 Å². The first-order valence-electron chi connectivity index (χ1n) is 10.4. The summed E-state index contributed by atoms with van der Waals surface area (Å²) in [7, 11) is 0. The number of amides is 2. The Morgan fingerprint density at radius 3 is 2.70 bits per heavy atom. The van der Waals surface area contributed by atoms with E-state index in [-0.39, 0.29) is 29.3 Å². The molecule has 0 saturated heterocycles. The molecule has 0 radical (unpaired) electrons. The van der Waals surface area contributed by atoms with Crippen molar-refractivity contribution in [2.75, 3.05) is 6.54 Å². The van der Waals surface area contributed by atoms with Gasteiger partial charge < -0.3 is 10.6 Å². The predicted octanol–water partition coefficient (Wildman–Crippen LogP) is 2.78. The molecule has 30 heavy (non-hydrogen) atoms. The summed E-state index contributed by atoms with van der Waals surface area (Å²) in [5, 5.41) is 10.1.